The fourth-order valence-electron chi connectivity index (χ4n) is 19.4. The van der Waals surface area contributed by atoms with E-state index in [0.717, 1.165) is 44.1 Å². The Morgan fingerprint density at radius 3 is 1.01 bits per heavy atom. The van der Waals surface area contributed by atoms with Crippen LogP contribution in [0.2, 0.25) is 0 Å². The molecule has 2 aromatic heterocycles. The highest BCUT2D eigenvalue weighted by atomic mass is 15.2. The van der Waals surface area contributed by atoms with Crippen LogP contribution in [-0.2, 0) is 65.0 Å². The molecular weight excluding hydrogens is 1650 g/mol. The van der Waals surface area contributed by atoms with E-state index in [-0.39, 0.29) is 140 Å². The Balaban J connectivity index is 1.27. The molecule has 5 heteroatoms. The van der Waals surface area contributed by atoms with Crippen molar-refractivity contribution in [1.29, 1.82) is 0 Å². The molecule has 702 valence electrons. The zero-order valence-electron chi connectivity index (χ0n) is 114. The molecule has 0 aliphatic carbocycles. The molecule has 0 amide bonds. The molecule has 0 bridgehead atoms. The fraction of sp³-hybridized carbons (Fsp3) is 0.364. The molecule has 0 fully saturated rings. The minimum absolute atomic E-state index is 0.000278. The van der Waals surface area contributed by atoms with Crippen molar-refractivity contribution in [2.24, 2.45) is 0 Å². The summed E-state index contributed by atoms with van der Waals surface area (Å²) in [5, 5.41) is 1.02. The summed E-state index contributed by atoms with van der Waals surface area (Å²) in [6.45, 7) is 68.1. The van der Waals surface area contributed by atoms with E-state index in [1.54, 1.807) is 84.2 Å². The van der Waals surface area contributed by atoms with E-state index >= 15 is 0 Å². The smallest absolute Gasteiger partial charge is 0.252 e. The van der Waals surface area contributed by atoms with E-state index in [9.17, 15) is 35.6 Å². The second-order valence-corrected chi connectivity index (χ2v) is 50.8. The molecule has 137 heavy (non-hydrogen) atoms. The van der Waals surface area contributed by atoms with Gasteiger partial charge in [-0.3, -0.25) is 0 Å². The number of aromatic nitrogens is 2. The van der Waals surface area contributed by atoms with Crippen molar-refractivity contribution in [2.45, 2.75) is 314 Å². The molecule has 0 atom stereocenters. The Bertz CT molecular complexity index is 8950. The first-order valence-corrected chi connectivity index (χ1v) is 48.6. The van der Waals surface area contributed by atoms with Crippen molar-refractivity contribution in [3.8, 4) is 67.0 Å². The second-order valence-electron chi connectivity index (χ2n) is 50.8. The molecule has 4 nitrogen and oxygen atoms in total. The molecule has 2 aliphatic heterocycles. The van der Waals surface area contributed by atoms with Crippen molar-refractivity contribution in [2.75, 3.05) is 9.80 Å². The number of benzene rings is 14. The van der Waals surface area contributed by atoms with Crippen LogP contribution in [0.4, 0.5) is 34.1 Å². The first-order chi connectivity index (χ1) is 74.4. The van der Waals surface area contributed by atoms with Crippen LogP contribution in [0.5, 0.6) is 0 Å². The largest absolute Gasteiger partial charge is 0.310 e. The van der Waals surface area contributed by atoms with Crippen LogP contribution >= 0.6 is 0 Å². The van der Waals surface area contributed by atoms with Crippen LogP contribution < -0.4 is 26.2 Å². The third kappa shape index (κ3) is 17.2. The summed E-state index contributed by atoms with van der Waals surface area (Å²) < 4.78 is 286. The number of hydrogen-bond donors (Lipinski definition) is 0. The Hall–Kier alpha value is -11.7. The average molecular weight is 1830 g/mol. The summed E-state index contributed by atoms with van der Waals surface area (Å²) in [5.41, 5.74) is -6.76. The van der Waals surface area contributed by atoms with Gasteiger partial charge in [-0.2, -0.15) is 0 Å². The molecule has 0 spiro atoms. The molecule has 16 aromatic rings. The van der Waals surface area contributed by atoms with E-state index in [4.69, 9.17) is 0 Å². The fourth-order valence-corrected chi connectivity index (χ4v) is 19.4. The zero-order chi connectivity index (χ0) is 122. The van der Waals surface area contributed by atoms with Crippen molar-refractivity contribution in [3.63, 3.8) is 0 Å². The lowest BCUT2D eigenvalue weighted by molar-refractivity contribution is 0.568. The summed E-state index contributed by atoms with van der Waals surface area (Å²) in [7, 11) is 0. The van der Waals surface area contributed by atoms with E-state index in [1.807, 2.05) is 140 Å². The van der Waals surface area contributed by atoms with Crippen molar-refractivity contribution in [3.05, 3.63) is 327 Å². The van der Waals surface area contributed by atoms with Gasteiger partial charge in [-0.1, -0.05) is 419 Å². The Morgan fingerprint density at radius 2 is 0.591 bits per heavy atom. The predicted molar refractivity (Wildman–Crippen MR) is 601 cm³/mol. The van der Waals surface area contributed by atoms with Gasteiger partial charge in [-0.25, -0.2) is 0 Å². The molecule has 0 saturated heterocycles. The lowest BCUT2D eigenvalue weighted by Crippen LogP contribution is -2.61. The van der Waals surface area contributed by atoms with Crippen LogP contribution in [0.25, 0.3) is 111 Å². The Morgan fingerprint density at radius 1 is 0.219 bits per heavy atom. The summed E-state index contributed by atoms with van der Waals surface area (Å²) in [5.74, 6) is 0. The van der Waals surface area contributed by atoms with Crippen molar-refractivity contribution >= 4 is 101 Å². The maximum Gasteiger partial charge on any atom is 0.252 e. The Labute approximate surface area is 859 Å². The van der Waals surface area contributed by atoms with Gasteiger partial charge >= 0.3 is 0 Å². The van der Waals surface area contributed by atoms with E-state index in [2.05, 4.69) is 142 Å². The van der Waals surface area contributed by atoms with E-state index < -0.39 is 245 Å². The van der Waals surface area contributed by atoms with Crippen LogP contribution in [0, 0.1) is 0 Å². The number of para-hydroxylation sites is 2. The highest BCUT2D eigenvalue weighted by molar-refractivity contribution is 7.00. The lowest BCUT2D eigenvalue weighted by atomic mass is 9.33. The molecule has 0 saturated carbocycles. The van der Waals surface area contributed by atoms with Crippen LogP contribution in [0.15, 0.2) is 260 Å². The molecule has 0 N–H and O–H groups in total. The van der Waals surface area contributed by atoms with Crippen LogP contribution in [-0.4, -0.2) is 15.8 Å². The van der Waals surface area contributed by atoms with Gasteiger partial charge in [0.25, 0.3) is 6.71 Å². The topological polar surface area (TPSA) is 16.3 Å². The van der Waals surface area contributed by atoms with Gasteiger partial charge in [0, 0.05) is 72.2 Å². The highest BCUT2D eigenvalue weighted by Gasteiger charge is 2.48. The Kier molecular flexibility index (Phi) is 16.2. The van der Waals surface area contributed by atoms with Gasteiger partial charge in [0.2, 0.25) is 0 Å². The predicted octanol–water partition coefficient (Wildman–Crippen LogP) is 35.9. The summed E-state index contributed by atoms with van der Waals surface area (Å²) in [6.07, 6.45) is 0. The standard InChI is InChI=1S/C132H151BN4/c1-121(2,3)84-53-48-80(49-54-84)98-72-91(128(22,23)24)74-102(95-61-57-88(125(13,14)15)76-106(95)132(34,35)36)119(98)136-113-68-82(83-66-89(126(16,17)18)69-90(67-83)127(19,20)21)52-62-107(113)133-108-63-60-93(134-111-64-58-86(123(7,8)9)70-100(111)101-71-87(124(10,11)12)59-65-112(101)134)77-114(108)137(116-79-94(78-115(136)118(116)133)135-109-46-39-37-42-96(109)97-43-38-40-47-110(97)135)120-99(81-50-55-85(56-51-81)122(4,5)6)73-92(129(25,26)27)75-103(120)117-104(130(28,29)30)44-41-45-105(117)131(31,32)33/h37-79H,1-36H3/i37D,38D,39D,40D,41D,42D,43D,44D,45D,46D,47D,48D,49D,50D,51D,53D,54D,55D,56D,57D,61D,72D,73D,74D,75D,76D. The lowest BCUT2D eigenvalue weighted by Gasteiger charge is -2.46. The van der Waals surface area contributed by atoms with E-state index in [1.165, 1.54) is 4.57 Å². The minimum Gasteiger partial charge on any atom is -0.310 e. The number of rotatable bonds is 9. The third-order valence-electron chi connectivity index (χ3n) is 27.4. The molecule has 14 aromatic carbocycles. The van der Waals surface area contributed by atoms with Crippen LogP contribution in [0.3, 0.4) is 0 Å². The molecule has 18 rings (SSSR count). The van der Waals surface area contributed by atoms with Gasteiger partial charge in [0.05, 0.1) is 74.8 Å². The summed E-state index contributed by atoms with van der Waals surface area (Å²) in [4.78, 5) is 3.56. The van der Waals surface area contributed by atoms with Gasteiger partial charge in [0.1, 0.15) is 0 Å². The third-order valence-corrected chi connectivity index (χ3v) is 27.4. The molecule has 4 heterocycles. The number of nitrogens with zero attached hydrogens (tertiary/aromatic N) is 4. The second kappa shape index (κ2) is 32.5. The monoisotopic (exact) mass is 1830 g/mol. The van der Waals surface area contributed by atoms with E-state index in [0.29, 0.717) is 27.7 Å². The van der Waals surface area contributed by atoms with Gasteiger partial charge in [-0.05, 0) is 272 Å². The average Bonchev–Trinajstić information content (AvgIpc) is 1.53. The van der Waals surface area contributed by atoms with Crippen LogP contribution in [0.1, 0.15) is 352 Å². The summed E-state index contributed by atoms with van der Waals surface area (Å²) >= 11 is 0. The maximum absolute atomic E-state index is 12.2. The highest BCUT2D eigenvalue weighted by Crippen LogP contribution is 2.59. The maximum atomic E-state index is 12.2. The number of hydrogen-bond acceptors (Lipinski definition) is 2. The van der Waals surface area contributed by atoms with Crippen molar-refractivity contribution in [1.82, 2.24) is 9.13 Å². The normalized spacial score (nSPS) is 16.6. The molecule has 0 radical (unpaired) electrons. The molecular formula is C132H151BN4. The number of anilines is 6. The minimum atomic E-state index is -1.37. The first kappa shape index (κ1) is 68.4. The van der Waals surface area contributed by atoms with Gasteiger partial charge < -0.3 is 18.9 Å². The van der Waals surface area contributed by atoms with Crippen molar-refractivity contribution < 1.29 is 35.6 Å². The van der Waals surface area contributed by atoms with Gasteiger partial charge in [0.15, 0.2) is 0 Å². The number of fused-ring (bicyclic) bond motifs is 10. The zero-order valence-corrected chi connectivity index (χ0v) is 87.7. The quantitative estimate of drug-likeness (QED) is 0.134. The molecule has 2 aliphatic rings. The van der Waals surface area contributed by atoms with Gasteiger partial charge in [-0.15, -0.1) is 0 Å². The summed E-state index contributed by atoms with van der Waals surface area (Å²) in [6, 6.07) is 19.7. The SMILES string of the molecule is [2H]c1c([2H])c(C(C)(C)C)c(-c2c([2H])c(C(C)(C)C)c([2H])c(-c3c([2H])c([2H])c(C(C)(C)C)c([2H])c3[2H])c2N2c3cc(-n4c5ccc(C(C)(C)C)cc5c5cc(C(C)(C)C)ccc54)ccc3B3c4ccc(-c5cc(C(C)(C)C)cc(C(C)(C)C)c5)cc4N(c4c(-c5c([2H])c([2H])c(C(C)(C)C)c([2H])c5[2H])c([2H])c(C(C)(C)C)c([2H])c4-c4c([2H])c([2H])c(C(C)(C)C)c([2H])c4C(C)(C)C)c4cc(-n5c6c([2H])c([2H])c([2H])c([2H])c6c6c([2H])c([2H])c([2H])c([2H])c65)cc2c43)c(C(C)(C)C)c1[2H]. The first-order valence-electron chi connectivity index (χ1n) is 61.6. The molecule has 0 unspecified atom stereocenters.